The third-order valence-corrected chi connectivity index (χ3v) is 5.81. The van der Waals surface area contributed by atoms with Crippen molar-refractivity contribution in [1.29, 1.82) is 0 Å². The smallest absolute Gasteiger partial charge is 0.338 e. The number of benzene rings is 3. The van der Waals surface area contributed by atoms with E-state index in [1.165, 1.54) is 0 Å². The standard InChI is InChI=1S/C28H29ClN2O4/c1-2-3-18-35-28(34)22-14-16-23(17-15-22)30-26(32)24(19-20-10-6-4-7-11-20)31-27(33)25(29)21-12-8-5-9-13-21/h4-17,24-25H,2-3,18-19H2,1H3,(H,30,32)(H,31,33). The van der Waals surface area contributed by atoms with Crippen LogP contribution in [0.1, 0.15) is 46.6 Å². The highest BCUT2D eigenvalue weighted by molar-refractivity contribution is 6.31. The molecule has 0 spiro atoms. The molecule has 2 unspecified atom stereocenters. The minimum Gasteiger partial charge on any atom is -0.462 e. The number of anilines is 1. The highest BCUT2D eigenvalue weighted by atomic mass is 35.5. The second kappa shape index (κ2) is 13.3. The van der Waals surface area contributed by atoms with E-state index in [9.17, 15) is 14.4 Å². The molecule has 2 amide bonds. The van der Waals surface area contributed by atoms with Gasteiger partial charge in [-0.05, 0) is 41.8 Å². The van der Waals surface area contributed by atoms with Crippen molar-refractivity contribution in [3.8, 4) is 0 Å². The maximum atomic E-state index is 13.1. The molecular weight excluding hydrogens is 464 g/mol. The molecule has 3 aromatic carbocycles. The summed E-state index contributed by atoms with van der Waals surface area (Å²) >= 11 is 6.37. The number of halogens is 1. The summed E-state index contributed by atoms with van der Waals surface area (Å²) < 4.78 is 5.21. The zero-order valence-corrected chi connectivity index (χ0v) is 20.3. The van der Waals surface area contributed by atoms with Crippen LogP contribution in [-0.4, -0.2) is 30.4 Å². The van der Waals surface area contributed by atoms with Crippen LogP contribution in [0.5, 0.6) is 0 Å². The molecule has 0 radical (unpaired) electrons. The first kappa shape index (κ1) is 26.0. The third kappa shape index (κ3) is 7.97. The fourth-order valence-electron chi connectivity index (χ4n) is 3.39. The van der Waals surface area contributed by atoms with Crippen molar-refractivity contribution in [2.24, 2.45) is 0 Å². The van der Waals surface area contributed by atoms with Crippen molar-refractivity contribution < 1.29 is 19.1 Å². The molecule has 3 aromatic rings. The molecule has 0 heterocycles. The zero-order chi connectivity index (χ0) is 25.0. The molecule has 182 valence electrons. The van der Waals surface area contributed by atoms with E-state index >= 15 is 0 Å². The molecule has 0 aromatic heterocycles. The van der Waals surface area contributed by atoms with Crippen molar-refractivity contribution in [3.63, 3.8) is 0 Å². The molecule has 2 atom stereocenters. The quantitative estimate of drug-likeness (QED) is 0.216. The number of rotatable bonds is 11. The Balaban J connectivity index is 1.69. The number of amides is 2. The van der Waals surface area contributed by atoms with Crippen LogP contribution in [0.4, 0.5) is 5.69 Å². The molecule has 2 N–H and O–H groups in total. The van der Waals surface area contributed by atoms with Gasteiger partial charge in [-0.3, -0.25) is 9.59 Å². The van der Waals surface area contributed by atoms with Crippen LogP contribution in [-0.2, 0) is 20.7 Å². The van der Waals surface area contributed by atoms with E-state index in [1.54, 1.807) is 48.5 Å². The fraction of sp³-hybridized carbons (Fsp3) is 0.250. The zero-order valence-electron chi connectivity index (χ0n) is 19.6. The molecule has 0 fully saturated rings. The van der Waals surface area contributed by atoms with E-state index in [1.807, 2.05) is 43.3 Å². The Kier molecular flexibility index (Phi) is 9.87. The van der Waals surface area contributed by atoms with Gasteiger partial charge in [0.1, 0.15) is 11.4 Å². The van der Waals surface area contributed by atoms with E-state index in [2.05, 4.69) is 10.6 Å². The summed E-state index contributed by atoms with van der Waals surface area (Å²) in [6, 6.07) is 24.0. The molecule has 3 rings (SSSR count). The molecule has 0 aliphatic rings. The number of carbonyl (C=O) groups excluding carboxylic acids is 3. The van der Waals surface area contributed by atoms with Crippen LogP contribution in [0.2, 0.25) is 0 Å². The number of esters is 1. The number of alkyl halides is 1. The number of hydrogen-bond acceptors (Lipinski definition) is 4. The normalized spacial score (nSPS) is 12.3. The lowest BCUT2D eigenvalue weighted by Crippen LogP contribution is -2.46. The average Bonchev–Trinajstić information content (AvgIpc) is 2.89. The van der Waals surface area contributed by atoms with Crippen LogP contribution in [0.15, 0.2) is 84.9 Å². The predicted molar refractivity (Wildman–Crippen MR) is 137 cm³/mol. The van der Waals surface area contributed by atoms with Crippen molar-refractivity contribution in [2.45, 2.75) is 37.6 Å². The van der Waals surface area contributed by atoms with Gasteiger partial charge < -0.3 is 15.4 Å². The van der Waals surface area contributed by atoms with Gasteiger partial charge in [0.15, 0.2) is 0 Å². The lowest BCUT2D eigenvalue weighted by molar-refractivity contribution is -0.126. The summed E-state index contributed by atoms with van der Waals surface area (Å²) in [6.07, 6.45) is 2.04. The average molecular weight is 493 g/mol. The summed E-state index contributed by atoms with van der Waals surface area (Å²) in [6.45, 7) is 2.40. The van der Waals surface area contributed by atoms with Crippen LogP contribution in [0, 0.1) is 0 Å². The third-order valence-electron chi connectivity index (χ3n) is 5.36. The summed E-state index contributed by atoms with van der Waals surface area (Å²) in [5.74, 6) is -1.25. The maximum absolute atomic E-state index is 13.1. The number of hydrogen-bond donors (Lipinski definition) is 2. The molecule has 0 aliphatic heterocycles. The fourth-order valence-corrected chi connectivity index (χ4v) is 3.60. The van der Waals surface area contributed by atoms with Gasteiger partial charge in [0.25, 0.3) is 0 Å². The van der Waals surface area contributed by atoms with E-state index in [0.29, 0.717) is 29.8 Å². The van der Waals surface area contributed by atoms with Gasteiger partial charge in [0.05, 0.1) is 12.2 Å². The second-order valence-electron chi connectivity index (χ2n) is 8.08. The molecule has 6 nitrogen and oxygen atoms in total. The van der Waals surface area contributed by atoms with Crippen molar-refractivity contribution >= 4 is 35.1 Å². The molecule has 35 heavy (non-hydrogen) atoms. The van der Waals surface area contributed by atoms with Gasteiger partial charge >= 0.3 is 5.97 Å². The van der Waals surface area contributed by atoms with Crippen LogP contribution >= 0.6 is 11.6 Å². The Morgan fingerprint density at radius 1 is 0.857 bits per heavy atom. The van der Waals surface area contributed by atoms with Gasteiger partial charge in [0.2, 0.25) is 11.8 Å². The van der Waals surface area contributed by atoms with E-state index in [4.69, 9.17) is 16.3 Å². The lowest BCUT2D eigenvalue weighted by atomic mass is 10.0. The number of unbranched alkanes of at least 4 members (excludes halogenated alkanes) is 1. The predicted octanol–water partition coefficient (Wildman–Crippen LogP) is 5.29. The monoisotopic (exact) mass is 492 g/mol. The lowest BCUT2D eigenvalue weighted by Gasteiger charge is -2.20. The summed E-state index contributed by atoms with van der Waals surface area (Å²) in [4.78, 5) is 38.1. The minimum atomic E-state index is -0.930. The van der Waals surface area contributed by atoms with Gasteiger partial charge in [-0.15, -0.1) is 11.6 Å². The second-order valence-corrected chi connectivity index (χ2v) is 8.52. The summed E-state index contributed by atoms with van der Waals surface area (Å²) in [5.41, 5.74) is 2.44. The number of ether oxygens (including phenoxy) is 1. The first-order valence-corrected chi connectivity index (χ1v) is 12.0. The Hall–Kier alpha value is -3.64. The molecule has 7 heteroatoms. The maximum Gasteiger partial charge on any atom is 0.338 e. The van der Waals surface area contributed by atoms with Gasteiger partial charge in [-0.1, -0.05) is 74.0 Å². The Bertz CT molecular complexity index is 1100. The molecule has 0 saturated carbocycles. The van der Waals surface area contributed by atoms with Crippen LogP contribution < -0.4 is 10.6 Å². The largest absolute Gasteiger partial charge is 0.462 e. The van der Waals surface area contributed by atoms with Crippen molar-refractivity contribution in [2.75, 3.05) is 11.9 Å². The Morgan fingerprint density at radius 2 is 1.49 bits per heavy atom. The van der Waals surface area contributed by atoms with Gasteiger partial charge in [-0.25, -0.2) is 4.79 Å². The summed E-state index contributed by atoms with van der Waals surface area (Å²) in [5, 5.41) is 4.67. The SMILES string of the molecule is CCCCOC(=O)c1ccc(NC(=O)C(Cc2ccccc2)NC(=O)C(Cl)c2ccccc2)cc1. The minimum absolute atomic E-state index is 0.290. The summed E-state index contributed by atoms with van der Waals surface area (Å²) in [7, 11) is 0. The number of carbonyl (C=O) groups is 3. The van der Waals surface area contributed by atoms with Crippen molar-refractivity contribution in [1.82, 2.24) is 5.32 Å². The van der Waals surface area contributed by atoms with Crippen molar-refractivity contribution in [3.05, 3.63) is 102 Å². The molecule has 0 bridgehead atoms. The first-order chi connectivity index (χ1) is 17.0. The van der Waals surface area contributed by atoms with Gasteiger partial charge in [0, 0.05) is 12.1 Å². The van der Waals surface area contributed by atoms with E-state index < -0.39 is 29.2 Å². The Morgan fingerprint density at radius 3 is 2.11 bits per heavy atom. The number of nitrogens with one attached hydrogen (secondary N) is 2. The molecule has 0 aliphatic carbocycles. The topological polar surface area (TPSA) is 84.5 Å². The van der Waals surface area contributed by atoms with E-state index in [0.717, 1.165) is 18.4 Å². The first-order valence-electron chi connectivity index (χ1n) is 11.6. The molecular formula is C28H29ClN2O4. The van der Waals surface area contributed by atoms with Crippen LogP contribution in [0.25, 0.3) is 0 Å². The highest BCUT2D eigenvalue weighted by Crippen LogP contribution is 2.21. The highest BCUT2D eigenvalue weighted by Gasteiger charge is 2.26. The molecule has 0 saturated heterocycles. The van der Waals surface area contributed by atoms with E-state index in [-0.39, 0.29) is 0 Å². The Labute approximate surface area is 210 Å². The van der Waals surface area contributed by atoms with Gasteiger partial charge in [-0.2, -0.15) is 0 Å². The van der Waals surface area contributed by atoms with Crippen LogP contribution in [0.3, 0.4) is 0 Å².